The fraction of sp³-hybridized carbons (Fsp3) is 0.611. The van der Waals surface area contributed by atoms with Crippen molar-refractivity contribution in [2.24, 2.45) is 11.7 Å². The van der Waals surface area contributed by atoms with Crippen LogP contribution in [0.4, 0.5) is 0 Å². The number of likely N-dealkylation sites (N-methyl/N-ethyl adjacent to an activating group) is 1. The maximum atomic E-state index is 12.4. The van der Waals surface area contributed by atoms with Crippen molar-refractivity contribution < 1.29 is 4.79 Å². The molecular formula is C18H31Cl2N3O. The molecule has 138 valence electrons. The van der Waals surface area contributed by atoms with Crippen LogP contribution < -0.4 is 11.1 Å². The van der Waals surface area contributed by atoms with Crippen LogP contribution >= 0.6 is 24.8 Å². The molecule has 3 N–H and O–H groups in total. The molecule has 4 nitrogen and oxygen atoms in total. The third kappa shape index (κ3) is 6.60. The van der Waals surface area contributed by atoms with Gasteiger partial charge in [-0.05, 0) is 45.8 Å². The number of hydrogen-bond acceptors (Lipinski definition) is 3. The molecule has 0 bridgehead atoms. The number of nitrogens with zero attached hydrogens (tertiary/aromatic N) is 1. The summed E-state index contributed by atoms with van der Waals surface area (Å²) in [5.41, 5.74) is 8.47. The van der Waals surface area contributed by atoms with Gasteiger partial charge >= 0.3 is 0 Å². The number of nitrogens with one attached hydrogen (secondary N) is 1. The van der Waals surface area contributed by atoms with E-state index in [2.05, 4.69) is 41.4 Å². The van der Waals surface area contributed by atoms with E-state index < -0.39 is 0 Å². The topological polar surface area (TPSA) is 58.4 Å². The molecule has 1 aromatic rings. The highest BCUT2D eigenvalue weighted by molar-refractivity contribution is 5.85. The Kier molecular flexibility index (Phi) is 10.6. The van der Waals surface area contributed by atoms with E-state index in [0.29, 0.717) is 6.54 Å². The second-order valence-corrected chi connectivity index (χ2v) is 6.76. The number of halogens is 2. The van der Waals surface area contributed by atoms with Crippen molar-refractivity contribution in [1.29, 1.82) is 0 Å². The van der Waals surface area contributed by atoms with Crippen LogP contribution in [0.25, 0.3) is 0 Å². The Morgan fingerprint density at radius 1 is 1.25 bits per heavy atom. The Hall–Kier alpha value is -0.810. The van der Waals surface area contributed by atoms with E-state index in [1.165, 1.54) is 11.1 Å². The van der Waals surface area contributed by atoms with Crippen molar-refractivity contribution in [2.75, 3.05) is 20.6 Å². The molecule has 0 saturated heterocycles. The van der Waals surface area contributed by atoms with Gasteiger partial charge in [-0.3, -0.25) is 4.79 Å². The molecule has 0 aromatic heterocycles. The van der Waals surface area contributed by atoms with Crippen LogP contribution in [-0.4, -0.2) is 37.5 Å². The molecule has 0 aliphatic heterocycles. The van der Waals surface area contributed by atoms with Crippen LogP contribution in [0, 0.1) is 12.8 Å². The van der Waals surface area contributed by atoms with Crippen LogP contribution in [0.1, 0.15) is 42.9 Å². The molecule has 1 aromatic carbocycles. The summed E-state index contributed by atoms with van der Waals surface area (Å²) < 4.78 is 0. The molecule has 2 rings (SSSR count). The maximum absolute atomic E-state index is 12.4. The van der Waals surface area contributed by atoms with E-state index in [0.717, 1.165) is 25.7 Å². The van der Waals surface area contributed by atoms with Gasteiger partial charge in [0.15, 0.2) is 0 Å². The standard InChI is InChI=1S/C18H29N3O.2ClH/c1-13-7-9-14(10-8-13)17(21(2)3)12-20-18(22)15-5-4-6-16(19)11-15;;/h7-10,15-17H,4-6,11-12,19H2,1-3H3,(H,20,22);2*1H. The van der Waals surface area contributed by atoms with E-state index in [4.69, 9.17) is 5.73 Å². The fourth-order valence-corrected chi connectivity index (χ4v) is 3.19. The number of rotatable bonds is 5. The van der Waals surface area contributed by atoms with Crippen molar-refractivity contribution in [1.82, 2.24) is 10.2 Å². The van der Waals surface area contributed by atoms with E-state index >= 15 is 0 Å². The zero-order chi connectivity index (χ0) is 16.1. The quantitative estimate of drug-likeness (QED) is 0.830. The first kappa shape index (κ1) is 23.2. The van der Waals surface area contributed by atoms with Crippen molar-refractivity contribution in [3.8, 4) is 0 Å². The van der Waals surface area contributed by atoms with Crippen LogP contribution in [0.2, 0.25) is 0 Å². The van der Waals surface area contributed by atoms with Gasteiger partial charge in [-0.1, -0.05) is 36.2 Å². The van der Waals surface area contributed by atoms with Gasteiger partial charge in [0.25, 0.3) is 0 Å². The molecule has 6 heteroatoms. The van der Waals surface area contributed by atoms with Crippen molar-refractivity contribution in [2.45, 2.75) is 44.7 Å². The fourth-order valence-electron chi connectivity index (χ4n) is 3.19. The SMILES string of the molecule is Cc1ccc(C(CNC(=O)C2CCCC(N)C2)N(C)C)cc1.Cl.Cl. The number of aryl methyl sites for hydroxylation is 1. The van der Waals surface area contributed by atoms with Crippen molar-refractivity contribution >= 4 is 30.7 Å². The first-order valence-corrected chi connectivity index (χ1v) is 8.23. The van der Waals surface area contributed by atoms with Gasteiger partial charge in [0, 0.05) is 18.5 Å². The molecular weight excluding hydrogens is 345 g/mol. The predicted octanol–water partition coefficient (Wildman–Crippen LogP) is 3.08. The normalized spacial score (nSPS) is 21.4. The summed E-state index contributed by atoms with van der Waals surface area (Å²) >= 11 is 0. The summed E-state index contributed by atoms with van der Waals surface area (Å²) in [6.45, 7) is 2.73. The van der Waals surface area contributed by atoms with Crippen molar-refractivity contribution in [3.05, 3.63) is 35.4 Å². The second-order valence-electron chi connectivity index (χ2n) is 6.76. The van der Waals surface area contributed by atoms with E-state index in [9.17, 15) is 4.79 Å². The third-order valence-corrected chi connectivity index (χ3v) is 4.64. The molecule has 1 aliphatic carbocycles. The Morgan fingerprint density at radius 3 is 2.42 bits per heavy atom. The average molecular weight is 376 g/mol. The van der Waals surface area contributed by atoms with Gasteiger partial charge in [-0.15, -0.1) is 24.8 Å². The lowest BCUT2D eigenvalue weighted by atomic mass is 9.85. The summed E-state index contributed by atoms with van der Waals surface area (Å²) in [5, 5.41) is 3.13. The van der Waals surface area contributed by atoms with Gasteiger partial charge in [-0.2, -0.15) is 0 Å². The summed E-state index contributed by atoms with van der Waals surface area (Å²) in [5.74, 6) is 0.249. The monoisotopic (exact) mass is 375 g/mol. The first-order valence-electron chi connectivity index (χ1n) is 8.23. The molecule has 1 saturated carbocycles. The van der Waals surface area contributed by atoms with Gasteiger partial charge < -0.3 is 16.0 Å². The highest BCUT2D eigenvalue weighted by atomic mass is 35.5. The van der Waals surface area contributed by atoms with Gasteiger partial charge in [0.2, 0.25) is 5.91 Å². The third-order valence-electron chi connectivity index (χ3n) is 4.64. The van der Waals surface area contributed by atoms with Gasteiger partial charge in [0.1, 0.15) is 0 Å². The zero-order valence-electron chi connectivity index (χ0n) is 14.8. The van der Waals surface area contributed by atoms with Crippen LogP contribution in [-0.2, 0) is 4.79 Å². The molecule has 1 fully saturated rings. The summed E-state index contributed by atoms with van der Waals surface area (Å²) in [4.78, 5) is 14.5. The lowest BCUT2D eigenvalue weighted by Crippen LogP contribution is -2.41. The van der Waals surface area contributed by atoms with E-state index in [1.807, 2.05) is 14.1 Å². The molecule has 3 unspecified atom stereocenters. The second kappa shape index (κ2) is 10.9. The number of carbonyl (C=O) groups excluding carboxylic acids is 1. The molecule has 24 heavy (non-hydrogen) atoms. The first-order chi connectivity index (χ1) is 10.5. The average Bonchev–Trinajstić information content (AvgIpc) is 2.48. The van der Waals surface area contributed by atoms with E-state index in [1.54, 1.807) is 0 Å². The lowest BCUT2D eigenvalue weighted by Gasteiger charge is -2.28. The van der Waals surface area contributed by atoms with E-state index in [-0.39, 0.29) is 48.7 Å². The minimum absolute atomic E-state index is 0. The molecule has 0 spiro atoms. The summed E-state index contributed by atoms with van der Waals surface area (Å²) in [6.07, 6.45) is 3.90. The Morgan fingerprint density at radius 2 is 1.88 bits per heavy atom. The molecule has 3 atom stereocenters. The Balaban J connectivity index is 0.00000264. The molecule has 1 amide bonds. The number of hydrogen-bond donors (Lipinski definition) is 2. The number of nitrogens with two attached hydrogens (primary N) is 1. The summed E-state index contributed by atoms with van der Waals surface area (Å²) in [6, 6.07) is 8.90. The molecule has 1 aliphatic rings. The largest absolute Gasteiger partial charge is 0.354 e. The number of benzene rings is 1. The van der Waals surface area contributed by atoms with Gasteiger partial charge in [0.05, 0.1) is 6.04 Å². The highest BCUT2D eigenvalue weighted by Gasteiger charge is 2.26. The molecule has 0 heterocycles. The van der Waals surface area contributed by atoms with Crippen molar-refractivity contribution in [3.63, 3.8) is 0 Å². The maximum Gasteiger partial charge on any atom is 0.223 e. The zero-order valence-corrected chi connectivity index (χ0v) is 16.5. The smallest absolute Gasteiger partial charge is 0.223 e. The number of carbonyl (C=O) groups is 1. The Bertz CT molecular complexity index is 494. The summed E-state index contributed by atoms with van der Waals surface area (Å²) in [7, 11) is 4.10. The van der Waals surface area contributed by atoms with Gasteiger partial charge in [-0.25, -0.2) is 0 Å². The minimum atomic E-state index is 0. The highest BCUT2D eigenvalue weighted by Crippen LogP contribution is 2.24. The Labute approximate surface area is 158 Å². The van der Waals surface area contributed by atoms with Crippen LogP contribution in [0.5, 0.6) is 0 Å². The predicted molar refractivity (Wildman–Crippen MR) is 105 cm³/mol. The minimum Gasteiger partial charge on any atom is -0.354 e. The lowest BCUT2D eigenvalue weighted by molar-refractivity contribution is -0.126. The number of amides is 1. The van der Waals surface area contributed by atoms with Crippen LogP contribution in [0.15, 0.2) is 24.3 Å². The molecule has 0 radical (unpaired) electrons. The van der Waals surface area contributed by atoms with Crippen LogP contribution in [0.3, 0.4) is 0 Å².